The molecule has 150 valence electrons. The van der Waals surface area contributed by atoms with Gasteiger partial charge >= 0.3 is 6.03 Å². The Morgan fingerprint density at radius 2 is 1.93 bits per heavy atom. The molecule has 0 saturated carbocycles. The van der Waals surface area contributed by atoms with Gasteiger partial charge in [-0.15, -0.1) is 0 Å². The molecule has 3 heterocycles. The first kappa shape index (κ1) is 18.9. The minimum Gasteiger partial charge on any atom is -0.457 e. The second kappa shape index (κ2) is 7.92. The summed E-state index contributed by atoms with van der Waals surface area (Å²) in [5.41, 5.74) is 1.52. The number of hydrogen-bond donors (Lipinski definition) is 2. The van der Waals surface area contributed by atoms with Gasteiger partial charge in [-0.1, -0.05) is 12.1 Å². The van der Waals surface area contributed by atoms with E-state index in [9.17, 15) is 14.4 Å². The Balaban J connectivity index is 1.53. The Labute approximate surface area is 168 Å². The molecule has 8 heteroatoms. The Kier molecular flexibility index (Phi) is 5.18. The summed E-state index contributed by atoms with van der Waals surface area (Å²) in [6.07, 6.45) is 2.43. The number of carbonyl (C=O) groups is 3. The molecule has 8 nitrogen and oxygen atoms in total. The van der Waals surface area contributed by atoms with Crippen molar-refractivity contribution in [2.75, 3.05) is 33.2 Å². The fraction of sp³-hybridized carbons (Fsp3) is 0.286. The van der Waals surface area contributed by atoms with Crippen molar-refractivity contribution in [2.45, 2.75) is 6.42 Å². The van der Waals surface area contributed by atoms with Crippen LogP contribution in [0.15, 0.2) is 46.5 Å². The molecule has 0 unspecified atom stereocenters. The van der Waals surface area contributed by atoms with Crippen LogP contribution in [0, 0.1) is 0 Å². The van der Waals surface area contributed by atoms with Gasteiger partial charge in [-0.05, 0) is 44.3 Å². The zero-order valence-electron chi connectivity index (χ0n) is 16.1. The van der Waals surface area contributed by atoms with Crippen molar-refractivity contribution >= 4 is 23.9 Å². The Morgan fingerprint density at radius 3 is 2.72 bits per heavy atom. The van der Waals surface area contributed by atoms with E-state index < -0.39 is 11.9 Å². The smallest absolute Gasteiger partial charge is 0.326 e. The maximum absolute atomic E-state index is 12.9. The van der Waals surface area contributed by atoms with Crippen LogP contribution >= 0.6 is 0 Å². The number of nitrogens with zero attached hydrogens (tertiary/aromatic N) is 2. The minimum atomic E-state index is -0.557. The maximum Gasteiger partial charge on any atom is 0.326 e. The predicted molar refractivity (Wildman–Crippen MR) is 107 cm³/mol. The summed E-state index contributed by atoms with van der Waals surface area (Å²) >= 11 is 0. The van der Waals surface area contributed by atoms with Crippen LogP contribution in [0.3, 0.4) is 0 Å². The molecule has 1 aromatic heterocycles. The minimum absolute atomic E-state index is 0.0152. The molecule has 0 radical (unpaired) electrons. The lowest BCUT2D eigenvalue weighted by Crippen LogP contribution is -2.34. The van der Waals surface area contributed by atoms with Crippen LogP contribution in [0.25, 0.3) is 17.4 Å². The lowest BCUT2D eigenvalue weighted by molar-refractivity contribution is -0.115. The largest absolute Gasteiger partial charge is 0.457 e. The number of nitrogens with one attached hydrogen (secondary N) is 2. The zero-order valence-corrected chi connectivity index (χ0v) is 16.1. The maximum atomic E-state index is 12.9. The van der Waals surface area contributed by atoms with Crippen LogP contribution in [0.1, 0.15) is 22.5 Å². The number of urea groups is 1. The third kappa shape index (κ3) is 4.22. The third-order valence-electron chi connectivity index (χ3n) is 5.03. The highest BCUT2D eigenvalue weighted by atomic mass is 16.3. The van der Waals surface area contributed by atoms with Crippen LogP contribution in [0.2, 0.25) is 0 Å². The summed E-state index contributed by atoms with van der Waals surface area (Å²) in [4.78, 5) is 39.9. The summed E-state index contributed by atoms with van der Waals surface area (Å²) < 4.78 is 5.79. The normalized spacial score (nSPS) is 19.2. The van der Waals surface area contributed by atoms with E-state index in [1.807, 2.05) is 29.2 Å². The van der Waals surface area contributed by atoms with Crippen molar-refractivity contribution in [3.05, 3.63) is 53.4 Å². The highest BCUT2D eigenvalue weighted by Gasteiger charge is 2.23. The Bertz CT molecular complexity index is 994. The van der Waals surface area contributed by atoms with Crippen molar-refractivity contribution in [3.63, 3.8) is 0 Å². The number of furan rings is 1. The summed E-state index contributed by atoms with van der Waals surface area (Å²) in [5.74, 6) is 0.525. The van der Waals surface area contributed by atoms with Crippen LogP contribution < -0.4 is 10.6 Å². The number of benzene rings is 1. The average Bonchev–Trinajstić information content (AvgIpc) is 3.23. The van der Waals surface area contributed by atoms with Gasteiger partial charge < -0.3 is 19.5 Å². The van der Waals surface area contributed by atoms with Gasteiger partial charge in [-0.25, -0.2) is 4.79 Å². The van der Waals surface area contributed by atoms with Gasteiger partial charge in [-0.3, -0.25) is 14.9 Å². The van der Waals surface area contributed by atoms with Gasteiger partial charge in [0.15, 0.2) is 0 Å². The first-order chi connectivity index (χ1) is 14.0. The first-order valence-electron chi connectivity index (χ1n) is 9.52. The van der Waals surface area contributed by atoms with Crippen LogP contribution in [-0.4, -0.2) is 60.9 Å². The molecule has 2 fully saturated rings. The van der Waals surface area contributed by atoms with Crippen molar-refractivity contribution in [2.24, 2.45) is 0 Å². The second-order valence-corrected chi connectivity index (χ2v) is 7.20. The molecule has 2 aliphatic rings. The van der Waals surface area contributed by atoms with E-state index in [4.69, 9.17) is 4.42 Å². The second-order valence-electron chi connectivity index (χ2n) is 7.20. The van der Waals surface area contributed by atoms with E-state index >= 15 is 0 Å². The molecule has 0 bridgehead atoms. The van der Waals surface area contributed by atoms with Crippen molar-refractivity contribution in [3.8, 4) is 11.3 Å². The average molecular weight is 394 g/mol. The first-order valence-corrected chi connectivity index (χ1v) is 9.52. The lowest BCUT2D eigenvalue weighted by Gasteiger charge is -2.20. The number of amides is 4. The molecule has 2 N–H and O–H groups in total. The highest BCUT2D eigenvalue weighted by molar-refractivity contribution is 6.13. The van der Waals surface area contributed by atoms with Crippen molar-refractivity contribution in [1.29, 1.82) is 0 Å². The van der Waals surface area contributed by atoms with Gasteiger partial charge in [0.25, 0.3) is 11.8 Å². The molecular formula is C21H22N4O4. The molecule has 4 amide bonds. The van der Waals surface area contributed by atoms with E-state index in [1.54, 1.807) is 12.1 Å². The number of imide groups is 1. The van der Waals surface area contributed by atoms with Gasteiger partial charge in [0, 0.05) is 36.8 Å². The van der Waals surface area contributed by atoms with Crippen molar-refractivity contribution < 1.29 is 18.8 Å². The van der Waals surface area contributed by atoms with E-state index in [0.29, 0.717) is 23.6 Å². The van der Waals surface area contributed by atoms with Gasteiger partial charge in [-0.2, -0.15) is 0 Å². The molecule has 29 heavy (non-hydrogen) atoms. The lowest BCUT2D eigenvalue weighted by atomic mass is 10.1. The quantitative estimate of drug-likeness (QED) is 0.613. The van der Waals surface area contributed by atoms with E-state index in [0.717, 1.165) is 31.6 Å². The number of rotatable bonds is 3. The monoisotopic (exact) mass is 394 g/mol. The molecule has 2 aromatic rings. The number of hydrogen-bond acceptors (Lipinski definition) is 5. The molecule has 4 rings (SSSR count). The fourth-order valence-electron chi connectivity index (χ4n) is 3.45. The summed E-state index contributed by atoms with van der Waals surface area (Å²) in [7, 11) is 2.07. The molecule has 0 atom stereocenters. The van der Waals surface area contributed by atoms with Gasteiger partial charge in [0.2, 0.25) is 0 Å². The van der Waals surface area contributed by atoms with Crippen LogP contribution in [-0.2, 0) is 4.79 Å². The molecule has 2 saturated heterocycles. The highest BCUT2D eigenvalue weighted by Crippen LogP contribution is 2.25. The molecule has 2 aliphatic heterocycles. The zero-order chi connectivity index (χ0) is 20.4. The number of carbonyl (C=O) groups excluding carboxylic acids is 3. The molecule has 1 aromatic carbocycles. The molecule has 0 aliphatic carbocycles. The topological polar surface area (TPSA) is 94.9 Å². The number of likely N-dealkylation sites (N-methyl/N-ethyl adjacent to an activating group) is 1. The van der Waals surface area contributed by atoms with E-state index in [2.05, 4.69) is 22.6 Å². The Hall–Kier alpha value is -3.39. The molecular weight excluding hydrogens is 372 g/mol. The third-order valence-corrected chi connectivity index (χ3v) is 5.03. The molecule has 0 spiro atoms. The van der Waals surface area contributed by atoms with Gasteiger partial charge in [0.05, 0.1) is 0 Å². The summed E-state index contributed by atoms with van der Waals surface area (Å²) in [6, 6.07) is 10.2. The summed E-state index contributed by atoms with van der Waals surface area (Å²) in [6.45, 7) is 3.32. The SMILES string of the molecule is CN1CCCN(C(=O)c2cccc(-c3ccc(/C=C4\NC(=O)NC4=O)o3)c2)CC1. The summed E-state index contributed by atoms with van der Waals surface area (Å²) in [5, 5.41) is 4.56. The van der Waals surface area contributed by atoms with Crippen LogP contribution in [0.5, 0.6) is 0 Å². The standard InChI is InChI=1S/C21H22N4O4/c1-24-8-3-9-25(11-10-24)20(27)15-5-2-4-14(12-15)18-7-6-16(29-18)13-17-19(26)23-21(28)22-17/h2,4-7,12-13H,3,8-11H2,1H3,(H2,22,23,26,28)/b17-13-. The van der Waals surface area contributed by atoms with E-state index in [-0.39, 0.29) is 11.6 Å². The Morgan fingerprint density at radius 1 is 1.07 bits per heavy atom. The fourth-order valence-corrected chi connectivity index (χ4v) is 3.45. The van der Waals surface area contributed by atoms with E-state index in [1.165, 1.54) is 6.08 Å². The van der Waals surface area contributed by atoms with Gasteiger partial charge in [0.1, 0.15) is 17.2 Å². The van der Waals surface area contributed by atoms with Crippen LogP contribution in [0.4, 0.5) is 4.79 Å². The van der Waals surface area contributed by atoms with Crippen molar-refractivity contribution in [1.82, 2.24) is 20.4 Å². The predicted octanol–water partition coefficient (Wildman–Crippen LogP) is 1.90.